The zero-order chi connectivity index (χ0) is 98.8. The quantitative estimate of drug-likeness (QED) is 0.0383. The Labute approximate surface area is 859 Å². The molecule has 9 nitrogen and oxygen atoms in total. The van der Waals surface area contributed by atoms with E-state index in [1.165, 1.54) is 147 Å². The van der Waals surface area contributed by atoms with Crippen molar-refractivity contribution in [3.63, 3.8) is 0 Å². The molecule has 0 spiro atoms. The van der Waals surface area contributed by atoms with Gasteiger partial charge in [-0.1, -0.05) is 410 Å². The van der Waals surface area contributed by atoms with Crippen LogP contribution in [0.25, 0.3) is 97.0 Å². The van der Waals surface area contributed by atoms with Crippen molar-refractivity contribution in [1.29, 1.82) is 0 Å². The molecule has 143 heavy (non-hydrogen) atoms. The van der Waals surface area contributed by atoms with Gasteiger partial charge in [-0.25, -0.2) is 0 Å². The van der Waals surface area contributed by atoms with Crippen molar-refractivity contribution in [2.24, 2.45) is 0 Å². The van der Waals surface area contributed by atoms with Gasteiger partial charge in [0.15, 0.2) is 0 Å². The van der Waals surface area contributed by atoms with Crippen molar-refractivity contribution >= 4 is 175 Å². The summed E-state index contributed by atoms with van der Waals surface area (Å²) in [6, 6.07) is 147. The van der Waals surface area contributed by atoms with Gasteiger partial charge in [0, 0.05) is 0 Å². The number of fused-ring (bicyclic) bond motifs is 9. The van der Waals surface area contributed by atoms with Crippen molar-refractivity contribution in [1.82, 2.24) is 0 Å². The molecule has 0 aromatic heterocycles. The highest BCUT2D eigenvalue weighted by Crippen LogP contribution is 2.49. The standard InChI is InChI=1S/C69H78O5Si5.C56H64O4Si4/c1-76(51-21-41-61-36-16-31-56-26-6-11-46-66(56)61)70-75(50-20-40-60-35-15-30-55-25-5-10-45-65(55)60)71-77(2,52-22-42-62-37-17-32-57-27-7-12-47-67(57)62)73-79(4,54-24-44-64-39-19-34-59-29-9-14-49-69(59)64)74-78(3,72-76)53-23-43-63-38-18-33-58-28-8-13-48-68(58)63;1-41(49-33-17-25-45-21-9-13-29-53(45)49)37-61(5)57-62(6,38-42(2)50-34-18-26-46-22-10-14-30-54(46)50)59-64(8,40-44(4)52-36-20-28-48-24-12-16-32-56(48)52)60-63(7,58-61)39-43(3)51-35-19-27-47-23-11-15-31-55(47)51/h5-19,25-39,45-49,75H,20-24,40-44,50-54H2,1-4H3;9-36,41-44H,37-40H2,1-8H3. The summed E-state index contributed by atoms with van der Waals surface area (Å²) in [5, 5.41) is 23.3. The third-order valence-corrected chi connectivity index (χ3v) is 72.1. The van der Waals surface area contributed by atoms with Crippen molar-refractivity contribution in [3.8, 4) is 0 Å². The first-order valence-corrected chi connectivity index (χ1v) is 74.7. The molecule has 18 heteroatoms. The highest BCUT2D eigenvalue weighted by atomic mass is 28.5. The van der Waals surface area contributed by atoms with Crippen molar-refractivity contribution in [3.05, 3.63) is 432 Å². The minimum Gasteiger partial charge on any atom is -0.418 e. The molecule has 732 valence electrons. The van der Waals surface area contributed by atoms with Gasteiger partial charge in [-0.05, 0) is 342 Å². The van der Waals surface area contributed by atoms with Crippen LogP contribution in [0.3, 0.4) is 0 Å². The molecule has 2 fully saturated rings. The van der Waals surface area contributed by atoms with Crippen LogP contribution in [0.15, 0.2) is 382 Å². The fourth-order valence-electron chi connectivity index (χ4n) is 24.6. The van der Waals surface area contributed by atoms with Gasteiger partial charge in [-0.15, -0.1) is 0 Å². The molecule has 8 atom stereocenters. The van der Waals surface area contributed by atoms with E-state index in [1.807, 2.05) is 0 Å². The van der Waals surface area contributed by atoms with Crippen LogP contribution in [0.2, 0.25) is 107 Å². The smallest absolute Gasteiger partial charge is 0.317 e. The second-order valence-corrected chi connectivity index (χ2v) is 73.5. The Morgan fingerprint density at radius 3 is 0.580 bits per heavy atom. The molecule has 2 aliphatic heterocycles. The second-order valence-electron chi connectivity index (χ2n) is 42.6. The van der Waals surface area contributed by atoms with Gasteiger partial charge < -0.3 is 37.0 Å². The summed E-state index contributed by atoms with van der Waals surface area (Å²) in [7, 11) is -27.0. The summed E-state index contributed by atoms with van der Waals surface area (Å²) in [6.07, 6.45) is 9.59. The number of rotatable bonds is 32. The lowest BCUT2D eigenvalue weighted by Crippen LogP contribution is -2.68. The zero-order valence-electron chi connectivity index (χ0n) is 85.9. The van der Waals surface area contributed by atoms with E-state index in [0.717, 1.165) is 119 Å². The fourth-order valence-corrected chi connectivity index (χ4v) is 75.9. The monoisotopic (exact) mass is 2040 g/mol. The first-order chi connectivity index (χ1) is 69.2. The van der Waals surface area contributed by atoms with Gasteiger partial charge in [0.2, 0.25) is 0 Å². The summed E-state index contributed by atoms with van der Waals surface area (Å²) in [5.41, 5.74) is 12.3. The zero-order valence-corrected chi connectivity index (χ0v) is 95.0. The van der Waals surface area contributed by atoms with Crippen LogP contribution in [0.4, 0.5) is 0 Å². The van der Waals surface area contributed by atoms with Gasteiger partial charge >= 0.3 is 77.8 Å². The number of benzene rings is 18. The van der Waals surface area contributed by atoms with E-state index in [9.17, 15) is 0 Å². The van der Waals surface area contributed by atoms with Crippen LogP contribution in [-0.2, 0) is 69.1 Å². The number of hydrogen-bond donors (Lipinski definition) is 0. The lowest BCUT2D eigenvalue weighted by molar-refractivity contribution is 0.217. The van der Waals surface area contributed by atoms with E-state index in [2.05, 4.69) is 462 Å². The Bertz CT molecular complexity index is 6840. The molecule has 18 aromatic carbocycles. The molecule has 0 N–H and O–H groups in total. The summed E-state index contributed by atoms with van der Waals surface area (Å²) in [5.74, 6) is 0.777. The lowest BCUT2D eigenvalue weighted by Gasteiger charge is -2.52. The Hall–Kier alpha value is -10.1. The highest BCUT2D eigenvalue weighted by Gasteiger charge is 2.59. The average molecular weight is 2040 g/mol. The molecule has 0 radical (unpaired) electrons. The van der Waals surface area contributed by atoms with E-state index in [4.69, 9.17) is 37.0 Å². The van der Waals surface area contributed by atoms with Crippen LogP contribution < -0.4 is 0 Å². The molecule has 0 saturated carbocycles. The molecule has 0 aliphatic carbocycles. The second kappa shape index (κ2) is 44.7. The summed E-state index contributed by atoms with van der Waals surface area (Å²) >= 11 is 0. The van der Waals surface area contributed by atoms with Gasteiger partial charge in [-0.2, -0.15) is 0 Å². The highest BCUT2D eigenvalue weighted by molar-refractivity contribution is 6.94. The molecule has 18 aromatic rings. The largest absolute Gasteiger partial charge is 0.418 e. The molecule has 0 bridgehead atoms. The molecule has 2 aliphatic rings. The van der Waals surface area contributed by atoms with E-state index < -0.39 is 77.8 Å². The molecule has 2 heterocycles. The lowest BCUT2D eigenvalue weighted by atomic mass is 9.96. The van der Waals surface area contributed by atoms with Crippen LogP contribution in [0.5, 0.6) is 0 Å². The van der Waals surface area contributed by atoms with Crippen molar-refractivity contribution in [2.45, 2.75) is 222 Å². The minimum absolute atomic E-state index is 0.194. The van der Waals surface area contributed by atoms with Crippen LogP contribution in [0.1, 0.15) is 134 Å². The van der Waals surface area contributed by atoms with Gasteiger partial charge in [-0.3, -0.25) is 0 Å². The number of hydrogen-bond acceptors (Lipinski definition) is 9. The normalized spacial score (nSPS) is 23.3. The van der Waals surface area contributed by atoms with Crippen molar-refractivity contribution < 1.29 is 37.0 Å². The molecule has 2 saturated heterocycles. The van der Waals surface area contributed by atoms with E-state index in [1.54, 1.807) is 0 Å². The van der Waals surface area contributed by atoms with E-state index in [-0.39, 0.29) is 23.7 Å². The SMILES string of the molecule is CC(C[Si]1(C)O[Si](C)(CC(C)c2cccc3ccccc23)O[Si](C)(CC(C)c2cccc3ccccc23)O[Si](C)(CC(C)c2cccc3ccccc23)O1)c1cccc2ccccc12.C[Si]1(CCCc2cccc3ccccc23)O[SiH](CCCc2cccc3ccccc23)O[Si](C)(CCCc2cccc3ccccc23)O[Si](C)(CCCc2cccc3ccccc23)O[Si](C)(CCCc2cccc3ccccc23)O1. The average Bonchev–Trinajstić information content (AvgIpc) is 0.746. The third-order valence-electron chi connectivity index (χ3n) is 30.5. The van der Waals surface area contributed by atoms with E-state index >= 15 is 0 Å². The topological polar surface area (TPSA) is 83.1 Å². The predicted molar refractivity (Wildman–Crippen MR) is 624 cm³/mol. The van der Waals surface area contributed by atoms with Gasteiger partial charge in [0.05, 0.1) is 0 Å². The van der Waals surface area contributed by atoms with Crippen molar-refractivity contribution in [2.75, 3.05) is 0 Å². The number of aryl methyl sites for hydroxylation is 5. The Kier molecular flexibility index (Phi) is 31.7. The Morgan fingerprint density at radius 1 is 0.182 bits per heavy atom. The van der Waals surface area contributed by atoms with Crippen LogP contribution in [0, 0.1) is 0 Å². The molecule has 0 amide bonds. The van der Waals surface area contributed by atoms with E-state index in [0.29, 0.717) is 0 Å². The maximum absolute atomic E-state index is 8.06. The minimum atomic E-state index is -3.07. The third kappa shape index (κ3) is 24.6. The fraction of sp³-hybridized carbons (Fsp3) is 0.280. The summed E-state index contributed by atoms with van der Waals surface area (Å²) < 4.78 is 71.9. The first-order valence-electron chi connectivity index (χ1n) is 52.7. The molecular weight excluding hydrogens is 1900 g/mol. The summed E-state index contributed by atoms with van der Waals surface area (Å²) in [4.78, 5) is 0. The maximum atomic E-state index is 8.06. The van der Waals surface area contributed by atoms with Crippen LogP contribution >= 0.6 is 0 Å². The molecule has 20 rings (SSSR count). The summed E-state index contributed by atoms with van der Waals surface area (Å²) in [6.45, 7) is 28.4. The Morgan fingerprint density at radius 2 is 0.350 bits per heavy atom. The Balaban J connectivity index is 0.000000185. The first kappa shape index (κ1) is 102. The van der Waals surface area contributed by atoms with Crippen LogP contribution in [-0.4, -0.2) is 77.8 Å². The van der Waals surface area contributed by atoms with Gasteiger partial charge in [0.1, 0.15) is 0 Å². The molecule has 8 unspecified atom stereocenters. The van der Waals surface area contributed by atoms with Gasteiger partial charge in [0.25, 0.3) is 0 Å². The molecular formula is C125H142O9Si9. The maximum Gasteiger partial charge on any atom is 0.317 e. The predicted octanol–water partition coefficient (Wildman–Crippen LogP) is 34.7.